The Morgan fingerprint density at radius 3 is 2.57 bits per heavy atom. The summed E-state index contributed by atoms with van der Waals surface area (Å²) in [4.78, 5) is 0.250. The van der Waals surface area contributed by atoms with Gasteiger partial charge in [0, 0.05) is 26.8 Å². The molecule has 0 radical (unpaired) electrons. The molecule has 1 N–H and O–H groups in total. The summed E-state index contributed by atoms with van der Waals surface area (Å²) < 4.78 is 36.6. The number of rotatable bonds is 7. The second kappa shape index (κ2) is 7.22. The van der Waals surface area contributed by atoms with Crippen LogP contribution in [0.25, 0.3) is 0 Å². The normalized spacial score (nSPS) is 19.8. The van der Waals surface area contributed by atoms with E-state index in [-0.39, 0.29) is 17.4 Å². The minimum atomic E-state index is -3.48. The fourth-order valence-electron chi connectivity index (χ4n) is 2.26. The molecule has 0 spiro atoms. The lowest BCUT2D eigenvalue weighted by atomic mass is 10.1. The van der Waals surface area contributed by atoms with Crippen LogP contribution in [0.3, 0.4) is 0 Å². The van der Waals surface area contributed by atoms with Gasteiger partial charge in [0.15, 0.2) is 0 Å². The van der Waals surface area contributed by atoms with Crippen LogP contribution in [0.1, 0.15) is 6.42 Å². The number of nitrogens with zero attached hydrogens (tertiary/aromatic N) is 1. The van der Waals surface area contributed by atoms with Crippen molar-refractivity contribution in [3.05, 3.63) is 24.3 Å². The number of methoxy groups -OCH3 is 1. The average molecular weight is 315 g/mol. The van der Waals surface area contributed by atoms with Gasteiger partial charge in [0.05, 0.1) is 11.5 Å². The fraction of sp³-hybridized carbons (Fsp3) is 0.571. The highest BCUT2D eigenvalue weighted by molar-refractivity contribution is 7.89. The van der Waals surface area contributed by atoms with Crippen molar-refractivity contribution < 1.29 is 23.0 Å². The third kappa shape index (κ3) is 3.94. The smallest absolute Gasteiger partial charge is 0.243 e. The Kier molecular flexibility index (Phi) is 5.58. The summed E-state index contributed by atoms with van der Waals surface area (Å²) in [5, 5.41) is 9.11. The van der Waals surface area contributed by atoms with Gasteiger partial charge in [-0.15, -0.1) is 0 Å². The van der Waals surface area contributed by atoms with E-state index >= 15 is 0 Å². The van der Waals surface area contributed by atoms with Crippen LogP contribution >= 0.6 is 0 Å². The highest BCUT2D eigenvalue weighted by Crippen LogP contribution is 2.25. The van der Waals surface area contributed by atoms with Gasteiger partial charge in [0.25, 0.3) is 0 Å². The van der Waals surface area contributed by atoms with Crippen molar-refractivity contribution in [2.75, 3.05) is 40.0 Å². The zero-order valence-corrected chi connectivity index (χ0v) is 12.9. The van der Waals surface area contributed by atoms with Crippen molar-refractivity contribution >= 4 is 10.0 Å². The second-order valence-corrected chi connectivity index (χ2v) is 6.95. The summed E-state index contributed by atoms with van der Waals surface area (Å²) in [7, 11) is -1.89. The van der Waals surface area contributed by atoms with Gasteiger partial charge in [-0.3, -0.25) is 0 Å². The SMILES string of the molecule is COCCOc1ccc(S(=O)(=O)N2CCC(CO)C2)cc1. The van der Waals surface area contributed by atoms with Gasteiger partial charge in [-0.1, -0.05) is 0 Å². The predicted octanol–water partition coefficient (Wildman–Crippen LogP) is 0.715. The van der Waals surface area contributed by atoms with E-state index in [4.69, 9.17) is 14.6 Å². The molecule has 0 amide bonds. The summed E-state index contributed by atoms with van der Waals surface area (Å²) in [5.74, 6) is 0.650. The molecule has 0 aliphatic carbocycles. The fourth-order valence-corrected chi connectivity index (χ4v) is 3.80. The van der Waals surface area contributed by atoms with Crippen LogP contribution in [-0.2, 0) is 14.8 Å². The summed E-state index contributed by atoms with van der Waals surface area (Å²) in [5.41, 5.74) is 0. The van der Waals surface area contributed by atoms with E-state index in [1.54, 1.807) is 31.4 Å². The Labute approximate surface area is 125 Å². The van der Waals surface area contributed by atoms with Crippen LogP contribution in [0.15, 0.2) is 29.2 Å². The Hall–Kier alpha value is -1.15. The molecule has 7 heteroatoms. The van der Waals surface area contributed by atoms with Crippen LogP contribution in [0.4, 0.5) is 0 Å². The average Bonchev–Trinajstić information content (AvgIpc) is 2.98. The van der Waals surface area contributed by atoms with Gasteiger partial charge < -0.3 is 14.6 Å². The molecule has 1 atom stereocenters. The first-order valence-electron chi connectivity index (χ1n) is 6.90. The molecule has 1 fully saturated rings. The standard InChI is InChI=1S/C14H21NO5S/c1-19-8-9-20-13-2-4-14(5-3-13)21(17,18)15-7-6-12(10-15)11-16/h2-5,12,16H,6-11H2,1H3. The molecule has 21 heavy (non-hydrogen) atoms. The lowest BCUT2D eigenvalue weighted by Gasteiger charge is -2.16. The molecule has 1 aromatic rings. The quantitative estimate of drug-likeness (QED) is 0.750. The predicted molar refractivity (Wildman–Crippen MR) is 77.8 cm³/mol. The van der Waals surface area contributed by atoms with Crippen LogP contribution < -0.4 is 4.74 Å². The van der Waals surface area contributed by atoms with Crippen molar-refractivity contribution in [3.63, 3.8) is 0 Å². The molecular weight excluding hydrogens is 294 g/mol. The summed E-state index contributed by atoms with van der Waals surface area (Å²) in [6.07, 6.45) is 0.702. The van der Waals surface area contributed by atoms with E-state index in [1.807, 2.05) is 0 Å². The van der Waals surface area contributed by atoms with E-state index in [0.29, 0.717) is 38.5 Å². The third-order valence-corrected chi connectivity index (χ3v) is 5.40. The maximum absolute atomic E-state index is 12.5. The lowest BCUT2D eigenvalue weighted by molar-refractivity contribution is 0.146. The molecule has 1 aliphatic rings. The minimum Gasteiger partial charge on any atom is -0.491 e. The summed E-state index contributed by atoms with van der Waals surface area (Å²) >= 11 is 0. The second-order valence-electron chi connectivity index (χ2n) is 5.01. The van der Waals surface area contributed by atoms with E-state index < -0.39 is 10.0 Å². The maximum Gasteiger partial charge on any atom is 0.243 e. The number of aliphatic hydroxyl groups excluding tert-OH is 1. The van der Waals surface area contributed by atoms with Crippen LogP contribution in [0.2, 0.25) is 0 Å². The van der Waals surface area contributed by atoms with Gasteiger partial charge in [0.2, 0.25) is 10.0 Å². The number of hydrogen-bond donors (Lipinski definition) is 1. The highest BCUT2D eigenvalue weighted by Gasteiger charge is 2.32. The summed E-state index contributed by atoms with van der Waals surface area (Å²) in [6, 6.07) is 6.37. The van der Waals surface area contributed by atoms with Gasteiger partial charge >= 0.3 is 0 Å². The molecule has 1 unspecified atom stereocenters. The van der Waals surface area contributed by atoms with Gasteiger partial charge in [-0.05, 0) is 36.6 Å². The molecule has 118 valence electrons. The molecule has 1 aliphatic heterocycles. The van der Waals surface area contributed by atoms with Gasteiger partial charge in [-0.25, -0.2) is 8.42 Å². The molecule has 1 saturated heterocycles. The van der Waals surface area contributed by atoms with E-state index in [1.165, 1.54) is 4.31 Å². The van der Waals surface area contributed by atoms with Crippen molar-refractivity contribution in [1.29, 1.82) is 0 Å². The first-order valence-corrected chi connectivity index (χ1v) is 8.34. The lowest BCUT2D eigenvalue weighted by Crippen LogP contribution is -2.29. The third-order valence-electron chi connectivity index (χ3n) is 3.52. The Morgan fingerprint density at radius 2 is 2.00 bits per heavy atom. The highest BCUT2D eigenvalue weighted by atomic mass is 32.2. The van der Waals surface area contributed by atoms with Crippen molar-refractivity contribution in [3.8, 4) is 5.75 Å². The van der Waals surface area contributed by atoms with Gasteiger partial charge in [0.1, 0.15) is 12.4 Å². The largest absolute Gasteiger partial charge is 0.491 e. The van der Waals surface area contributed by atoms with Crippen molar-refractivity contribution in [1.82, 2.24) is 4.31 Å². The Balaban J connectivity index is 2.03. The molecule has 0 saturated carbocycles. The Bertz CT molecular complexity index is 543. The molecule has 1 heterocycles. The number of sulfonamides is 1. The van der Waals surface area contributed by atoms with E-state index in [2.05, 4.69) is 0 Å². The van der Waals surface area contributed by atoms with Crippen molar-refractivity contribution in [2.24, 2.45) is 5.92 Å². The maximum atomic E-state index is 12.5. The van der Waals surface area contributed by atoms with Crippen molar-refractivity contribution in [2.45, 2.75) is 11.3 Å². The first kappa shape index (κ1) is 16.2. The molecular formula is C14H21NO5S. The van der Waals surface area contributed by atoms with E-state index in [9.17, 15) is 8.42 Å². The van der Waals surface area contributed by atoms with Crippen LogP contribution in [0.5, 0.6) is 5.75 Å². The van der Waals surface area contributed by atoms with Gasteiger partial charge in [-0.2, -0.15) is 4.31 Å². The number of ether oxygens (including phenoxy) is 2. The van der Waals surface area contributed by atoms with E-state index in [0.717, 1.165) is 0 Å². The summed E-state index contributed by atoms with van der Waals surface area (Å²) in [6.45, 7) is 1.77. The topological polar surface area (TPSA) is 76.1 Å². The molecule has 6 nitrogen and oxygen atoms in total. The molecule has 2 rings (SSSR count). The minimum absolute atomic E-state index is 0.0261. The number of hydrogen-bond acceptors (Lipinski definition) is 5. The zero-order valence-electron chi connectivity index (χ0n) is 12.1. The van der Waals surface area contributed by atoms with Crippen LogP contribution in [-0.4, -0.2) is 57.8 Å². The molecule has 0 aromatic heterocycles. The molecule has 1 aromatic carbocycles. The zero-order chi connectivity index (χ0) is 15.3. The first-order chi connectivity index (χ1) is 10.1. The van der Waals surface area contributed by atoms with Crippen LogP contribution in [0, 0.1) is 5.92 Å². The monoisotopic (exact) mass is 315 g/mol. The number of benzene rings is 1. The molecule has 0 bridgehead atoms. The Morgan fingerprint density at radius 1 is 1.29 bits per heavy atom. The number of aliphatic hydroxyl groups is 1.